The molecule has 2 fully saturated rings. The Morgan fingerprint density at radius 1 is 1.39 bits per heavy atom. The van der Waals surface area contributed by atoms with E-state index in [0.717, 1.165) is 25.5 Å². The fourth-order valence-corrected chi connectivity index (χ4v) is 3.86. The van der Waals surface area contributed by atoms with E-state index in [1.54, 1.807) is 4.57 Å². The van der Waals surface area contributed by atoms with Crippen LogP contribution in [0.15, 0.2) is 17.1 Å². The molecule has 0 bridgehead atoms. The summed E-state index contributed by atoms with van der Waals surface area (Å²) in [5.74, 6) is -1.59. The Labute approximate surface area is 167 Å². The Morgan fingerprint density at radius 2 is 2.11 bits per heavy atom. The Hall–Kier alpha value is -2.32. The van der Waals surface area contributed by atoms with Gasteiger partial charge in [0, 0.05) is 37.9 Å². The molecule has 1 saturated carbocycles. The van der Waals surface area contributed by atoms with E-state index in [9.17, 15) is 14.7 Å². The van der Waals surface area contributed by atoms with Crippen molar-refractivity contribution < 1.29 is 19.0 Å². The van der Waals surface area contributed by atoms with Crippen LogP contribution in [0.25, 0.3) is 10.9 Å². The summed E-state index contributed by atoms with van der Waals surface area (Å²) in [4.78, 5) is 26.1. The number of methoxy groups -OCH3 is 1. The second-order valence-electron chi connectivity index (χ2n) is 7.25. The summed E-state index contributed by atoms with van der Waals surface area (Å²) in [5.41, 5.74) is -0.237. The molecule has 0 spiro atoms. The predicted octanol–water partition coefficient (Wildman–Crippen LogP) is 2.40. The van der Waals surface area contributed by atoms with Crippen molar-refractivity contribution in [3.8, 4) is 5.75 Å². The van der Waals surface area contributed by atoms with Gasteiger partial charge in [0.05, 0.1) is 18.0 Å². The number of nitrogens with one attached hydrogen (secondary N) is 1. The Morgan fingerprint density at radius 3 is 2.68 bits per heavy atom. The molecule has 0 amide bonds. The third-order valence-corrected chi connectivity index (χ3v) is 5.26. The maximum atomic E-state index is 15.1. The molecule has 1 aliphatic carbocycles. The lowest BCUT2D eigenvalue weighted by molar-refractivity contribution is 0.0695. The minimum Gasteiger partial charge on any atom is -0.492 e. The van der Waals surface area contributed by atoms with E-state index in [0.29, 0.717) is 30.0 Å². The topological polar surface area (TPSA) is 83.8 Å². The molecule has 28 heavy (non-hydrogen) atoms. The summed E-state index contributed by atoms with van der Waals surface area (Å²) >= 11 is 0. The number of hydrogen-bond acceptors (Lipinski definition) is 5. The van der Waals surface area contributed by atoms with E-state index in [-0.39, 0.29) is 35.4 Å². The average molecular weight is 412 g/mol. The van der Waals surface area contributed by atoms with Gasteiger partial charge in [0.1, 0.15) is 11.3 Å². The molecule has 2 heterocycles. The molecule has 1 atom stereocenters. The molecule has 0 radical (unpaired) electrons. The van der Waals surface area contributed by atoms with Crippen LogP contribution in [0, 0.1) is 5.82 Å². The Bertz CT molecular complexity index is 990. The molecule has 1 unspecified atom stereocenters. The average Bonchev–Trinajstić information content (AvgIpc) is 3.46. The number of aromatic carboxylic acids is 1. The van der Waals surface area contributed by atoms with E-state index in [4.69, 9.17) is 4.74 Å². The van der Waals surface area contributed by atoms with Crippen LogP contribution in [0.1, 0.15) is 36.2 Å². The monoisotopic (exact) mass is 411 g/mol. The lowest BCUT2D eigenvalue weighted by Gasteiger charge is -2.35. The summed E-state index contributed by atoms with van der Waals surface area (Å²) < 4.78 is 22.5. The number of hydrogen-bond donors (Lipinski definition) is 2. The first-order chi connectivity index (χ1) is 12.9. The highest BCUT2D eigenvalue weighted by molar-refractivity contribution is 5.97. The summed E-state index contributed by atoms with van der Waals surface area (Å²) in [6, 6.07) is 1.45. The number of carbonyl (C=O) groups is 1. The second kappa shape index (κ2) is 7.60. The van der Waals surface area contributed by atoms with Crippen LogP contribution >= 0.6 is 12.4 Å². The second-order valence-corrected chi connectivity index (χ2v) is 7.25. The number of pyridine rings is 1. The van der Waals surface area contributed by atoms with E-state index >= 15 is 4.39 Å². The first kappa shape index (κ1) is 20.4. The number of halogens is 2. The third-order valence-electron chi connectivity index (χ3n) is 5.26. The minimum absolute atomic E-state index is 0. The lowest BCUT2D eigenvalue weighted by atomic mass is 10.1. The first-order valence-electron chi connectivity index (χ1n) is 9.09. The molecule has 2 N–H and O–H groups in total. The number of anilines is 1. The number of fused-ring (bicyclic) bond motifs is 1. The highest BCUT2D eigenvalue weighted by Crippen LogP contribution is 2.43. The normalized spacial score (nSPS) is 19.4. The molecule has 7 nitrogen and oxygen atoms in total. The molecule has 1 aromatic heterocycles. The predicted molar refractivity (Wildman–Crippen MR) is 107 cm³/mol. The number of rotatable bonds is 4. The summed E-state index contributed by atoms with van der Waals surface area (Å²) in [7, 11) is 1.45. The summed E-state index contributed by atoms with van der Waals surface area (Å²) in [5, 5.41) is 12.7. The quantitative estimate of drug-likeness (QED) is 0.803. The molecule has 1 aromatic carbocycles. The standard InChI is InChI=1S/C19H22FN3O4.ClH/c1-10-8-22(6-5-21-10)16-14(20)7-12-15(18(16)27-2)23(11-3-4-11)9-13(17(12)24)19(25)26;/h7,9-11,21H,3-6,8H2,1-2H3,(H,25,26);1H. The smallest absolute Gasteiger partial charge is 0.341 e. The van der Waals surface area contributed by atoms with Gasteiger partial charge in [-0.1, -0.05) is 0 Å². The van der Waals surface area contributed by atoms with E-state index < -0.39 is 17.2 Å². The molecule has 4 rings (SSSR count). The molecule has 152 valence electrons. The fourth-order valence-electron chi connectivity index (χ4n) is 3.86. The van der Waals surface area contributed by atoms with Crippen molar-refractivity contribution in [1.29, 1.82) is 0 Å². The van der Waals surface area contributed by atoms with Crippen molar-refractivity contribution in [3.05, 3.63) is 33.9 Å². The van der Waals surface area contributed by atoms with E-state index in [2.05, 4.69) is 5.32 Å². The van der Waals surface area contributed by atoms with Crippen LogP contribution in [0.2, 0.25) is 0 Å². The van der Waals surface area contributed by atoms with Crippen LogP contribution in [-0.2, 0) is 0 Å². The van der Waals surface area contributed by atoms with Crippen molar-refractivity contribution >= 4 is 35.0 Å². The van der Waals surface area contributed by atoms with Gasteiger partial charge < -0.3 is 24.6 Å². The number of ether oxygens (including phenoxy) is 1. The first-order valence-corrected chi connectivity index (χ1v) is 9.09. The number of piperazine rings is 1. The molecule has 1 saturated heterocycles. The van der Waals surface area contributed by atoms with Gasteiger partial charge in [-0.25, -0.2) is 9.18 Å². The van der Waals surface area contributed by atoms with E-state index in [1.165, 1.54) is 13.3 Å². The molecule has 9 heteroatoms. The summed E-state index contributed by atoms with van der Waals surface area (Å²) in [6.07, 6.45) is 3.14. The van der Waals surface area contributed by atoms with Gasteiger partial charge in [-0.05, 0) is 25.8 Å². The Kier molecular flexibility index (Phi) is 5.54. The van der Waals surface area contributed by atoms with Crippen molar-refractivity contribution in [1.82, 2.24) is 9.88 Å². The zero-order chi connectivity index (χ0) is 19.3. The van der Waals surface area contributed by atoms with Gasteiger partial charge >= 0.3 is 5.97 Å². The fraction of sp³-hybridized carbons (Fsp3) is 0.474. The van der Waals surface area contributed by atoms with E-state index in [1.807, 2.05) is 11.8 Å². The maximum Gasteiger partial charge on any atom is 0.341 e. The summed E-state index contributed by atoms with van der Waals surface area (Å²) in [6.45, 7) is 3.97. The highest BCUT2D eigenvalue weighted by atomic mass is 35.5. The lowest BCUT2D eigenvalue weighted by Crippen LogP contribution is -2.49. The maximum absolute atomic E-state index is 15.1. The van der Waals surface area contributed by atoms with Crippen molar-refractivity contribution in [2.24, 2.45) is 0 Å². The van der Waals surface area contributed by atoms with Crippen LogP contribution in [0.5, 0.6) is 5.75 Å². The Balaban J connectivity index is 0.00000225. The molecular weight excluding hydrogens is 389 g/mol. The number of benzene rings is 1. The van der Waals surface area contributed by atoms with Crippen LogP contribution < -0.4 is 20.4 Å². The number of carboxylic acid groups (broad SMARTS) is 1. The number of aromatic nitrogens is 1. The largest absolute Gasteiger partial charge is 0.492 e. The molecule has 2 aromatic rings. The number of carboxylic acids is 1. The van der Waals surface area contributed by atoms with Crippen molar-refractivity contribution in [2.45, 2.75) is 31.8 Å². The van der Waals surface area contributed by atoms with Crippen LogP contribution in [0.3, 0.4) is 0 Å². The minimum atomic E-state index is -1.31. The van der Waals surface area contributed by atoms with Gasteiger partial charge in [-0.2, -0.15) is 0 Å². The van der Waals surface area contributed by atoms with Crippen molar-refractivity contribution in [2.75, 3.05) is 31.6 Å². The molecule has 1 aliphatic heterocycles. The molecular formula is C19H23ClFN3O4. The van der Waals surface area contributed by atoms with Crippen molar-refractivity contribution in [3.63, 3.8) is 0 Å². The van der Waals surface area contributed by atoms with Gasteiger partial charge in [0.15, 0.2) is 11.6 Å². The zero-order valence-electron chi connectivity index (χ0n) is 15.7. The van der Waals surface area contributed by atoms with Crippen LogP contribution in [0.4, 0.5) is 10.1 Å². The van der Waals surface area contributed by atoms with Gasteiger partial charge in [-0.3, -0.25) is 4.79 Å². The highest BCUT2D eigenvalue weighted by Gasteiger charge is 2.32. The number of nitrogens with zero attached hydrogens (tertiary/aromatic N) is 2. The zero-order valence-corrected chi connectivity index (χ0v) is 16.5. The van der Waals surface area contributed by atoms with Gasteiger partial charge in [-0.15, -0.1) is 12.4 Å². The van der Waals surface area contributed by atoms with Crippen LogP contribution in [-0.4, -0.2) is 48.4 Å². The van der Waals surface area contributed by atoms with Gasteiger partial charge in [0.25, 0.3) is 0 Å². The third kappa shape index (κ3) is 3.31. The van der Waals surface area contributed by atoms with Gasteiger partial charge in [0.2, 0.25) is 5.43 Å². The molecule has 2 aliphatic rings. The SMILES string of the molecule is COc1c(N2CCNC(C)C2)c(F)cc2c(=O)c(C(=O)O)cn(C3CC3)c12.Cl.